The van der Waals surface area contributed by atoms with Crippen molar-refractivity contribution in [2.24, 2.45) is 0 Å². The average molecular weight is 224 g/mol. The molecule has 0 aliphatic carbocycles. The fourth-order valence-electron chi connectivity index (χ4n) is 1.80. The third-order valence-corrected chi connectivity index (χ3v) is 2.63. The average Bonchev–Trinajstić information content (AvgIpc) is 2.73. The van der Waals surface area contributed by atoms with Crippen molar-refractivity contribution in [2.75, 3.05) is 5.73 Å². The van der Waals surface area contributed by atoms with Gasteiger partial charge < -0.3 is 10.6 Å². The minimum atomic E-state index is 0.731. The number of nitrogens with zero attached hydrogens (tertiary/aromatic N) is 1. The van der Waals surface area contributed by atoms with Gasteiger partial charge in [0.15, 0.2) is 5.75 Å². The van der Waals surface area contributed by atoms with E-state index in [-0.39, 0.29) is 0 Å². The molecule has 2 aromatic carbocycles. The van der Waals surface area contributed by atoms with E-state index in [0.29, 0.717) is 0 Å². The van der Waals surface area contributed by atoms with Gasteiger partial charge in [-0.15, -0.1) is 0 Å². The Bertz CT molecular complexity index is 644. The van der Waals surface area contributed by atoms with Crippen molar-refractivity contribution in [2.45, 2.75) is 0 Å². The quantitative estimate of drug-likeness (QED) is 0.679. The van der Waals surface area contributed by atoms with Crippen LogP contribution in [0, 0.1) is 0 Å². The maximum atomic E-state index is 5.78. The molecule has 17 heavy (non-hydrogen) atoms. The Kier molecular flexibility index (Phi) is 2.22. The summed E-state index contributed by atoms with van der Waals surface area (Å²) in [5.74, 6) is 0.799. The van der Waals surface area contributed by atoms with Crippen LogP contribution in [-0.2, 0) is 0 Å². The van der Waals surface area contributed by atoms with Crippen molar-refractivity contribution in [1.82, 2.24) is 4.73 Å². The predicted molar refractivity (Wildman–Crippen MR) is 68.8 cm³/mol. The highest BCUT2D eigenvalue weighted by Gasteiger charge is 2.02. The zero-order chi connectivity index (χ0) is 11.7. The first kappa shape index (κ1) is 9.78. The molecule has 0 fully saturated rings. The van der Waals surface area contributed by atoms with Crippen LogP contribution in [0.25, 0.3) is 10.9 Å². The van der Waals surface area contributed by atoms with Crippen LogP contribution in [-0.4, -0.2) is 4.73 Å². The number of benzene rings is 2. The summed E-state index contributed by atoms with van der Waals surface area (Å²) in [6.07, 6.45) is 1.89. The van der Waals surface area contributed by atoms with E-state index in [1.807, 2.05) is 60.8 Å². The highest BCUT2D eigenvalue weighted by Crippen LogP contribution is 2.20. The third-order valence-electron chi connectivity index (χ3n) is 2.63. The summed E-state index contributed by atoms with van der Waals surface area (Å²) in [6.45, 7) is 0. The normalized spacial score (nSPS) is 10.6. The first-order valence-electron chi connectivity index (χ1n) is 5.43. The van der Waals surface area contributed by atoms with E-state index < -0.39 is 0 Å². The molecule has 0 radical (unpaired) electrons. The molecule has 0 saturated heterocycles. The molecular formula is C14H12N2O. The molecule has 3 rings (SSSR count). The lowest BCUT2D eigenvalue weighted by Crippen LogP contribution is -2.02. The summed E-state index contributed by atoms with van der Waals surface area (Å²) in [6, 6.07) is 17.4. The SMILES string of the molecule is Nc1ccc2ccn(Oc3ccccc3)c2c1. The maximum absolute atomic E-state index is 5.78. The fourth-order valence-corrected chi connectivity index (χ4v) is 1.80. The van der Waals surface area contributed by atoms with Crippen LogP contribution in [0.3, 0.4) is 0 Å². The van der Waals surface area contributed by atoms with Gasteiger partial charge in [0, 0.05) is 17.3 Å². The van der Waals surface area contributed by atoms with Gasteiger partial charge >= 0.3 is 0 Å². The molecule has 0 bridgehead atoms. The number of hydrogen-bond acceptors (Lipinski definition) is 2. The summed E-state index contributed by atoms with van der Waals surface area (Å²) in [5, 5.41) is 1.11. The second-order valence-electron chi connectivity index (χ2n) is 3.86. The number of fused-ring (bicyclic) bond motifs is 1. The van der Waals surface area contributed by atoms with Gasteiger partial charge in [-0.3, -0.25) is 0 Å². The molecule has 0 amide bonds. The van der Waals surface area contributed by atoms with E-state index in [0.717, 1.165) is 22.3 Å². The van der Waals surface area contributed by atoms with Crippen LogP contribution >= 0.6 is 0 Å². The van der Waals surface area contributed by atoms with Gasteiger partial charge in [-0.25, -0.2) is 0 Å². The Morgan fingerprint density at radius 2 is 1.76 bits per heavy atom. The minimum absolute atomic E-state index is 0.731. The van der Waals surface area contributed by atoms with Crippen LogP contribution in [0.5, 0.6) is 5.75 Å². The van der Waals surface area contributed by atoms with Gasteiger partial charge in [-0.1, -0.05) is 24.3 Å². The van der Waals surface area contributed by atoms with Crippen LogP contribution in [0.15, 0.2) is 60.8 Å². The molecule has 1 heterocycles. The van der Waals surface area contributed by atoms with Crippen molar-refractivity contribution < 1.29 is 4.84 Å². The van der Waals surface area contributed by atoms with Crippen LogP contribution in [0.4, 0.5) is 5.69 Å². The molecule has 0 aliphatic rings. The molecule has 3 nitrogen and oxygen atoms in total. The van der Waals surface area contributed by atoms with Crippen molar-refractivity contribution >= 4 is 16.6 Å². The second kappa shape index (κ2) is 3.87. The largest absolute Gasteiger partial charge is 0.399 e. The number of para-hydroxylation sites is 1. The first-order chi connectivity index (χ1) is 8.33. The molecule has 84 valence electrons. The molecule has 0 spiro atoms. The molecule has 0 atom stereocenters. The van der Waals surface area contributed by atoms with Crippen LogP contribution < -0.4 is 10.6 Å². The predicted octanol–water partition coefficient (Wildman–Crippen LogP) is 3.07. The molecule has 1 aromatic heterocycles. The van der Waals surface area contributed by atoms with E-state index >= 15 is 0 Å². The van der Waals surface area contributed by atoms with Crippen molar-refractivity contribution in [3.63, 3.8) is 0 Å². The number of rotatable bonds is 2. The maximum Gasteiger partial charge on any atom is 0.155 e. The van der Waals surface area contributed by atoms with Gasteiger partial charge in [0.2, 0.25) is 0 Å². The molecule has 0 unspecified atom stereocenters. The van der Waals surface area contributed by atoms with Crippen molar-refractivity contribution in [3.8, 4) is 5.75 Å². The molecule has 0 saturated carbocycles. The standard InChI is InChI=1S/C14H12N2O/c15-12-7-6-11-8-9-16(14(11)10-12)17-13-4-2-1-3-5-13/h1-10H,15H2. The molecule has 2 N–H and O–H groups in total. The zero-order valence-electron chi connectivity index (χ0n) is 9.21. The number of nitrogens with two attached hydrogens (primary N) is 1. The van der Waals surface area contributed by atoms with E-state index in [4.69, 9.17) is 10.6 Å². The topological polar surface area (TPSA) is 40.2 Å². The Morgan fingerprint density at radius 1 is 0.941 bits per heavy atom. The Morgan fingerprint density at radius 3 is 2.59 bits per heavy atom. The summed E-state index contributed by atoms with van der Waals surface area (Å²) < 4.78 is 1.72. The molecular weight excluding hydrogens is 212 g/mol. The monoisotopic (exact) mass is 224 g/mol. The van der Waals surface area contributed by atoms with Crippen LogP contribution in [0.2, 0.25) is 0 Å². The number of nitrogen functional groups attached to an aromatic ring is 1. The summed E-state index contributed by atoms with van der Waals surface area (Å²) >= 11 is 0. The van der Waals surface area contributed by atoms with E-state index in [1.54, 1.807) is 4.73 Å². The van der Waals surface area contributed by atoms with Gasteiger partial charge in [0.05, 0.1) is 5.52 Å². The summed E-state index contributed by atoms with van der Waals surface area (Å²) in [4.78, 5) is 5.75. The van der Waals surface area contributed by atoms with E-state index in [2.05, 4.69) is 0 Å². The number of aromatic nitrogens is 1. The molecule has 0 aliphatic heterocycles. The highest BCUT2D eigenvalue weighted by atomic mass is 16.7. The van der Waals surface area contributed by atoms with Gasteiger partial charge in [0.1, 0.15) is 0 Å². The smallest absolute Gasteiger partial charge is 0.155 e. The Hall–Kier alpha value is -2.42. The lowest BCUT2D eigenvalue weighted by Gasteiger charge is -2.07. The van der Waals surface area contributed by atoms with Crippen LogP contribution in [0.1, 0.15) is 0 Å². The molecule has 3 heteroatoms. The lowest BCUT2D eigenvalue weighted by atomic mass is 10.2. The second-order valence-corrected chi connectivity index (χ2v) is 3.86. The Balaban J connectivity index is 2.03. The van der Waals surface area contributed by atoms with E-state index in [1.165, 1.54) is 0 Å². The minimum Gasteiger partial charge on any atom is -0.399 e. The number of hydrogen-bond donors (Lipinski definition) is 1. The van der Waals surface area contributed by atoms with E-state index in [9.17, 15) is 0 Å². The van der Waals surface area contributed by atoms with Crippen molar-refractivity contribution in [3.05, 3.63) is 60.8 Å². The number of anilines is 1. The fraction of sp³-hybridized carbons (Fsp3) is 0. The third kappa shape index (κ3) is 1.83. The van der Waals surface area contributed by atoms with Gasteiger partial charge in [-0.05, 0) is 30.3 Å². The highest BCUT2D eigenvalue weighted by molar-refractivity contribution is 5.82. The first-order valence-corrected chi connectivity index (χ1v) is 5.43. The summed E-state index contributed by atoms with van der Waals surface area (Å²) in [5.41, 5.74) is 7.47. The zero-order valence-corrected chi connectivity index (χ0v) is 9.21. The van der Waals surface area contributed by atoms with Gasteiger partial charge in [0.25, 0.3) is 0 Å². The van der Waals surface area contributed by atoms with Gasteiger partial charge in [-0.2, -0.15) is 4.73 Å². The van der Waals surface area contributed by atoms with Crippen molar-refractivity contribution in [1.29, 1.82) is 0 Å². The summed E-state index contributed by atoms with van der Waals surface area (Å²) in [7, 11) is 0. The Labute approximate surface area is 99.0 Å². The lowest BCUT2D eigenvalue weighted by molar-refractivity contribution is 0.229. The molecule has 3 aromatic rings.